The van der Waals surface area contributed by atoms with Crippen LogP contribution in [0.5, 0.6) is 0 Å². The molecule has 4 aromatic rings. The lowest BCUT2D eigenvalue weighted by Gasteiger charge is -2.08. The molecule has 5 nitrogen and oxygen atoms in total. The summed E-state index contributed by atoms with van der Waals surface area (Å²) in [6.45, 7) is 1.71. The van der Waals surface area contributed by atoms with Gasteiger partial charge in [0.1, 0.15) is 11.6 Å². The Balaban J connectivity index is 1.80. The van der Waals surface area contributed by atoms with Crippen molar-refractivity contribution in [2.24, 2.45) is 0 Å². The van der Waals surface area contributed by atoms with Crippen molar-refractivity contribution < 1.29 is 18.1 Å². The topological polar surface area (TPSA) is 68.0 Å². The maximum absolute atomic E-state index is 13.2. The molecule has 0 atom stereocenters. The van der Waals surface area contributed by atoms with E-state index in [2.05, 4.69) is 15.5 Å². The number of amides is 1. The standard InChI is InChI=1S/C20H13F2N3O2/c1-11-18-16(19(26)23-15-8-6-14(22)7-9-15)10-17(24-20(18)27-25-11)12-2-4-13(21)5-3-12/h2-10H,1H3,(H,23,26). The second-order valence-corrected chi connectivity index (χ2v) is 5.97. The quantitative estimate of drug-likeness (QED) is 0.570. The van der Waals surface area contributed by atoms with Crippen LogP contribution >= 0.6 is 0 Å². The summed E-state index contributed by atoms with van der Waals surface area (Å²) in [7, 11) is 0. The lowest BCUT2D eigenvalue weighted by Crippen LogP contribution is -2.13. The van der Waals surface area contributed by atoms with Crippen LogP contribution in [-0.2, 0) is 0 Å². The number of aryl methyl sites for hydroxylation is 1. The van der Waals surface area contributed by atoms with E-state index in [0.29, 0.717) is 33.6 Å². The maximum Gasteiger partial charge on any atom is 0.259 e. The Kier molecular flexibility index (Phi) is 4.12. The summed E-state index contributed by atoms with van der Waals surface area (Å²) in [6, 6.07) is 12.8. The number of nitrogens with one attached hydrogen (secondary N) is 1. The van der Waals surface area contributed by atoms with Crippen LogP contribution in [0, 0.1) is 18.6 Å². The molecule has 0 aliphatic rings. The number of rotatable bonds is 3. The minimum Gasteiger partial charge on any atom is -0.335 e. The van der Waals surface area contributed by atoms with Crippen LogP contribution in [0.15, 0.2) is 59.1 Å². The third-order valence-corrected chi connectivity index (χ3v) is 4.10. The molecule has 2 aromatic carbocycles. The fraction of sp³-hybridized carbons (Fsp3) is 0.0500. The van der Waals surface area contributed by atoms with Gasteiger partial charge in [0.2, 0.25) is 0 Å². The number of fused-ring (bicyclic) bond motifs is 1. The van der Waals surface area contributed by atoms with Crippen LogP contribution in [0.2, 0.25) is 0 Å². The van der Waals surface area contributed by atoms with Gasteiger partial charge in [-0.2, -0.15) is 0 Å². The summed E-state index contributed by atoms with van der Waals surface area (Å²) in [5.41, 5.74) is 2.56. The van der Waals surface area contributed by atoms with E-state index < -0.39 is 11.7 Å². The number of carbonyl (C=O) groups is 1. The van der Waals surface area contributed by atoms with Crippen LogP contribution in [0.4, 0.5) is 14.5 Å². The summed E-state index contributed by atoms with van der Waals surface area (Å²) >= 11 is 0. The summed E-state index contributed by atoms with van der Waals surface area (Å²) in [5.74, 6) is -1.18. The fourth-order valence-corrected chi connectivity index (χ4v) is 2.77. The highest BCUT2D eigenvalue weighted by molar-refractivity contribution is 6.13. The van der Waals surface area contributed by atoms with Gasteiger partial charge in [-0.05, 0) is 61.5 Å². The first kappa shape index (κ1) is 16.8. The third-order valence-electron chi connectivity index (χ3n) is 4.10. The Morgan fingerprint density at radius 1 is 1.00 bits per heavy atom. The van der Waals surface area contributed by atoms with Gasteiger partial charge in [-0.15, -0.1) is 0 Å². The molecule has 1 N–H and O–H groups in total. The van der Waals surface area contributed by atoms with Crippen LogP contribution in [0.3, 0.4) is 0 Å². The van der Waals surface area contributed by atoms with Gasteiger partial charge in [-0.25, -0.2) is 13.8 Å². The lowest BCUT2D eigenvalue weighted by molar-refractivity contribution is 0.102. The normalized spacial score (nSPS) is 10.9. The Morgan fingerprint density at radius 2 is 1.63 bits per heavy atom. The first-order valence-electron chi connectivity index (χ1n) is 8.11. The Bertz CT molecular complexity index is 1140. The van der Waals surface area contributed by atoms with E-state index in [1.807, 2.05) is 0 Å². The molecule has 1 amide bonds. The van der Waals surface area contributed by atoms with Crippen molar-refractivity contribution in [1.29, 1.82) is 0 Å². The second-order valence-electron chi connectivity index (χ2n) is 5.97. The van der Waals surface area contributed by atoms with Gasteiger partial charge in [0.05, 0.1) is 22.3 Å². The predicted octanol–water partition coefficient (Wildman–Crippen LogP) is 4.73. The Morgan fingerprint density at radius 3 is 2.30 bits per heavy atom. The first-order valence-corrected chi connectivity index (χ1v) is 8.11. The molecule has 2 heterocycles. The second kappa shape index (κ2) is 6.60. The number of pyridine rings is 1. The number of aromatic nitrogens is 2. The van der Waals surface area contributed by atoms with Crippen molar-refractivity contribution >= 4 is 22.7 Å². The molecule has 0 unspecified atom stereocenters. The zero-order valence-electron chi connectivity index (χ0n) is 14.2. The average molecular weight is 365 g/mol. The average Bonchev–Trinajstić information content (AvgIpc) is 3.04. The molecule has 7 heteroatoms. The molecule has 4 rings (SSSR count). The highest BCUT2D eigenvalue weighted by atomic mass is 19.1. The molecular weight excluding hydrogens is 352 g/mol. The van der Waals surface area contributed by atoms with Crippen molar-refractivity contribution in [3.63, 3.8) is 0 Å². The van der Waals surface area contributed by atoms with Gasteiger partial charge in [0.25, 0.3) is 11.6 Å². The lowest BCUT2D eigenvalue weighted by atomic mass is 10.0. The number of hydrogen-bond acceptors (Lipinski definition) is 4. The first-order chi connectivity index (χ1) is 13.0. The molecule has 0 spiro atoms. The smallest absolute Gasteiger partial charge is 0.259 e. The van der Waals surface area contributed by atoms with Crippen molar-refractivity contribution in [3.05, 3.63) is 77.5 Å². The van der Waals surface area contributed by atoms with Gasteiger partial charge in [0.15, 0.2) is 0 Å². The summed E-state index contributed by atoms with van der Waals surface area (Å²) in [5, 5.41) is 7.09. The zero-order chi connectivity index (χ0) is 19.0. The highest BCUT2D eigenvalue weighted by Crippen LogP contribution is 2.28. The minimum absolute atomic E-state index is 0.207. The summed E-state index contributed by atoms with van der Waals surface area (Å²) in [6.07, 6.45) is 0. The molecule has 0 bridgehead atoms. The van der Waals surface area contributed by atoms with E-state index in [9.17, 15) is 13.6 Å². The van der Waals surface area contributed by atoms with Crippen LogP contribution in [0.25, 0.3) is 22.4 Å². The largest absolute Gasteiger partial charge is 0.335 e. The minimum atomic E-state index is -0.413. The molecule has 27 heavy (non-hydrogen) atoms. The molecule has 0 radical (unpaired) electrons. The van der Waals surface area contributed by atoms with Crippen molar-refractivity contribution in [2.75, 3.05) is 5.32 Å². The van der Waals surface area contributed by atoms with Crippen molar-refractivity contribution in [3.8, 4) is 11.3 Å². The number of benzene rings is 2. The molecule has 2 aromatic heterocycles. The van der Waals surface area contributed by atoms with Gasteiger partial charge in [-0.1, -0.05) is 5.16 Å². The predicted molar refractivity (Wildman–Crippen MR) is 96.3 cm³/mol. The number of anilines is 1. The number of hydrogen-bond donors (Lipinski definition) is 1. The van der Waals surface area contributed by atoms with Gasteiger partial charge in [0, 0.05) is 11.3 Å². The molecule has 134 valence electrons. The van der Waals surface area contributed by atoms with E-state index in [1.54, 1.807) is 25.1 Å². The van der Waals surface area contributed by atoms with Crippen LogP contribution in [-0.4, -0.2) is 16.0 Å². The summed E-state index contributed by atoms with van der Waals surface area (Å²) < 4.78 is 31.5. The van der Waals surface area contributed by atoms with Crippen molar-refractivity contribution in [2.45, 2.75) is 6.92 Å². The Hall–Kier alpha value is -3.61. The molecule has 0 saturated heterocycles. The van der Waals surface area contributed by atoms with Crippen LogP contribution < -0.4 is 5.32 Å². The highest BCUT2D eigenvalue weighted by Gasteiger charge is 2.19. The monoisotopic (exact) mass is 365 g/mol. The van der Waals surface area contributed by atoms with E-state index in [-0.39, 0.29) is 11.5 Å². The molecule has 0 saturated carbocycles. The van der Waals surface area contributed by atoms with E-state index in [4.69, 9.17) is 4.52 Å². The molecule has 0 aliphatic heterocycles. The van der Waals surface area contributed by atoms with Gasteiger partial charge < -0.3 is 9.84 Å². The van der Waals surface area contributed by atoms with E-state index >= 15 is 0 Å². The van der Waals surface area contributed by atoms with Crippen molar-refractivity contribution in [1.82, 2.24) is 10.1 Å². The fourth-order valence-electron chi connectivity index (χ4n) is 2.77. The Labute approximate surface area is 152 Å². The summed E-state index contributed by atoms with van der Waals surface area (Å²) in [4.78, 5) is 17.2. The van der Waals surface area contributed by atoms with Gasteiger partial charge >= 0.3 is 0 Å². The number of nitrogens with zero attached hydrogens (tertiary/aromatic N) is 2. The molecule has 0 fully saturated rings. The third kappa shape index (κ3) is 3.27. The zero-order valence-corrected chi connectivity index (χ0v) is 14.2. The molecule has 0 aliphatic carbocycles. The SMILES string of the molecule is Cc1noc2nc(-c3ccc(F)cc3)cc(C(=O)Nc3ccc(F)cc3)c12. The maximum atomic E-state index is 13.2. The van der Waals surface area contributed by atoms with E-state index in [0.717, 1.165) is 0 Å². The molecular formula is C20H13F2N3O2. The number of halogens is 2. The van der Waals surface area contributed by atoms with Crippen LogP contribution in [0.1, 0.15) is 16.1 Å². The number of carbonyl (C=O) groups excluding carboxylic acids is 1. The van der Waals surface area contributed by atoms with E-state index in [1.165, 1.54) is 36.4 Å². The van der Waals surface area contributed by atoms with Gasteiger partial charge in [-0.3, -0.25) is 4.79 Å².